The van der Waals surface area contributed by atoms with Gasteiger partial charge in [-0.15, -0.1) is 0 Å². The Bertz CT molecular complexity index is 1620. The Hall–Kier alpha value is -4.21. The number of hydrogen-bond acceptors (Lipinski definition) is 7. The Morgan fingerprint density at radius 2 is 1.95 bits per heavy atom. The minimum absolute atomic E-state index is 0.161. The maximum Gasteiger partial charge on any atom is 0.389 e. The molecular formula is C32H38F3N9. The smallest absolute Gasteiger partial charge is 0.367 e. The summed E-state index contributed by atoms with van der Waals surface area (Å²) in [5.41, 5.74) is 5.44. The number of halogens is 3. The predicted molar refractivity (Wildman–Crippen MR) is 165 cm³/mol. The Morgan fingerprint density at radius 3 is 2.64 bits per heavy atom. The Balaban J connectivity index is 1.23. The van der Waals surface area contributed by atoms with Gasteiger partial charge in [0.05, 0.1) is 12.7 Å². The zero-order chi connectivity index (χ0) is 31.3. The van der Waals surface area contributed by atoms with Gasteiger partial charge < -0.3 is 14.8 Å². The molecule has 232 valence electrons. The molecule has 0 saturated carbocycles. The third-order valence-electron chi connectivity index (χ3n) is 8.01. The molecule has 4 heterocycles. The van der Waals surface area contributed by atoms with Gasteiger partial charge in [-0.3, -0.25) is 10.00 Å². The molecular weight excluding hydrogens is 567 g/mol. The number of piperidine rings is 1. The van der Waals surface area contributed by atoms with Gasteiger partial charge in [0.25, 0.3) is 0 Å². The summed E-state index contributed by atoms with van der Waals surface area (Å²) >= 11 is 0. The van der Waals surface area contributed by atoms with E-state index in [1.54, 1.807) is 18.3 Å². The summed E-state index contributed by atoms with van der Waals surface area (Å²) in [6, 6.07) is 10.4. The molecule has 1 aromatic carbocycles. The summed E-state index contributed by atoms with van der Waals surface area (Å²) in [7, 11) is 3.88. The van der Waals surface area contributed by atoms with Crippen molar-refractivity contribution >= 4 is 22.8 Å². The van der Waals surface area contributed by atoms with Crippen LogP contribution in [-0.4, -0.2) is 80.5 Å². The van der Waals surface area contributed by atoms with Gasteiger partial charge >= 0.3 is 6.18 Å². The molecule has 0 bridgehead atoms. The van der Waals surface area contributed by atoms with Gasteiger partial charge in [0.1, 0.15) is 17.6 Å². The van der Waals surface area contributed by atoms with Crippen LogP contribution >= 0.6 is 0 Å². The second kappa shape index (κ2) is 13.6. The number of nitriles is 1. The van der Waals surface area contributed by atoms with Crippen LogP contribution in [-0.2, 0) is 19.5 Å². The lowest BCUT2D eigenvalue weighted by atomic mass is 10.0. The van der Waals surface area contributed by atoms with Crippen LogP contribution in [0.5, 0.6) is 0 Å². The molecule has 5 rings (SSSR count). The molecule has 0 spiro atoms. The van der Waals surface area contributed by atoms with Crippen LogP contribution in [0.4, 0.5) is 19.0 Å². The summed E-state index contributed by atoms with van der Waals surface area (Å²) in [6.45, 7) is 5.93. The number of anilines is 1. The van der Waals surface area contributed by atoms with Crippen molar-refractivity contribution < 1.29 is 13.2 Å². The maximum atomic E-state index is 12.9. The highest BCUT2D eigenvalue weighted by atomic mass is 19.4. The number of rotatable bonds is 11. The summed E-state index contributed by atoms with van der Waals surface area (Å²) in [6.07, 6.45) is 3.70. The number of likely N-dealkylation sites (tertiary alicyclic amines) is 1. The van der Waals surface area contributed by atoms with Gasteiger partial charge in [-0.1, -0.05) is 12.1 Å². The minimum Gasteiger partial charge on any atom is -0.367 e. The Kier molecular flexibility index (Phi) is 9.66. The number of alkyl halides is 3. The molecule has 4 aromatic rings. The predicted octanol–water partition coefficient (Wildman–Crippen LogP) is 5.53. The first kappa shape index (κ1) is 31.2. The van der Waals surface area contributed by atoms with Gasteiger partial charge in [0, 0.05) is 73.1 Å². The van der Waals surface area contributed by atoms with Crippen LogP contribution in [0.25, 0.3) is 17.0 Å². The average Bonchev–Trinajstić information content (AvgIpc) is 3.62. The molecule has 0 atom stereocenters. The van der Waals surface area contributed by atoms with Gasteiger partial charge in [-0.2, -0.15) is 23.5 Å². The molecule has 0 amide bonds. The quantitative estimate of drug-likeness (QED) is 0.232. The molecule has 12 heteroatoms. The lowest BCUT2D eigenvalue weighted by Crippen LogP contribution is -2.39. The van der Waals surface area contributed by atoms with E-state index in [1.807, 2.05) is 41.9 Å². The van der Waals surface area contributed by atoms with Gasteiger partial charge in [-0.25, -0.2) is 9.97 Å². The number of aromatic nitrogens is 5. The van der Waals surface area contributed by atoms with E-state index in [4.69, 9.17) is 0 Å². The fourth-order valence-corrected chi connectivity index (χ4v) is 5.62. The number of hydrogen-bond donors (Lipinski definition) is 2. The zero-order valence-electron chi connectivity index (χ0n) is 25.3. The van der Waals surface area contributed by atoms with Crippen molar-refractivity contribution in [1.29, 1.82) is 5.26 Å². The van der Waals surface area contributed by atoms with Gasteiger partial charge in [-0.05, 0) is 69.6 Å². The lowest BCUT2D eigenvalue weighted by molar-refractivity contribution is -0.134. The summed E-state index contributed by atoms with van der Waals surface area (Å²) in [4.78, 5) is 13.3. The maximum absolute atomic E-state index is 12.9. The third-order valence-corrected chi connectivity index (χ3v) is 8.01. The lowest BCUT2D eigenvalue weighted by Gasteiger charge is -2.33. The van der Waals surface area contributed by atoms with Crippen LogP contribution in [0.1, 0.15) is 53.2 Å². The van der Waals surface area contributed by atoms with Crippen molar-refractivity contribution in [3.8, 4) is 6.07 Å². The Labute approximate surface area is 255 Å². The molecule has 3 aromatic heterocycles. The molecule has 44 heavy (non-hydrogen) atoms. The highest BCUT2D eigenvalue weighted by Gasteiger charge is 2.27. The van der Waals surface area contributed by atoms with Gasteiger partial charge in [0.2, 0.25) is 0 Å². The second-order valence-electron chi connectivity index (χ2n) is 11.7. The summed E-state index contributed by atoms with van der Waals surface area (Å²) in [5.74, 6) is 0.977. The highest BCUT2D eigenvalue weighted by Crippen LogP contribution is 2.28. The first-order valence-corrected chi connectivity index (χ1v) is 14.8. The Morgan fingerprint density at radius 1 is 1.16 bits per heavy atom. The first-order valence-electron chi connectivity index (χ1n) is 14.8. The third kappa shape index (κ3) is 8.03. The molecule has 1 aliphatic heterocycles. The normalized spacial score (nSPS) is 15.0. The molecule has 0 radical (unpaired) electrons. The van der Waals surface area contributed by atoms with E-state index in [0.717, 1.165) is 48.9 Å². The monoisotopic (exact) mass is 605 g/mol. The van der Waals surface area contributed by atoms with Crippen LogP contribution in [0, 0.1) is 18.3 Å². The van der Waals surface area contributed by atoms with E-state index in [-0.39, 0.29) is 12.5 Å². The van der Waals surface area contributed by atoms with E-state index >= 15 is 0 Å². The topological polar surface area (TPSA) is 102 Å². The van der Waals surface area contributed by atoms with Crippen molar-refractivity contribution in [2.75, 3.05) is 39.0 Å². The van der Waals surface area contributed by atoms with Crippen molar-refractivity contribution in [2.24, 2.45) is 0 Å². The van der Waals surface area contributed by atoms with E-state index < -0.39 is 12.6 Å². The van der Waals surface area contributed by atoms with Gasteiger partial charge in [0.15, 0.2) is 5.82 Å². The van der Waals surface area contributed by atoms with Crippen LogP contribution in [0.3, 0.4) is 0 Å². The molecule has 2 N–H and O–H groups in total. The van der Waals surface area contributed by atoms with Crippen molar-refractivity contribution in [2.45, 2.75) is 57.9 Å². The zero-order valence-corrected chi connectivity index (χ0v) is 25.3. The van der Waals surface area contributed by atoms with Crippen LogP contribution < -0.4 is 5.32 Å². The number of aryl methyl sites for hydroxylation is 2. The molecule has 0 aliphatic carbocycles. The molecule has 1 fully saturated rings. The van der Waals surface area contributed by atoms with E-state index in [2.05, 4.69) is 55.5 Å². The molecule has 1 saturated heterocycles. The highest BCUT2D eigenvalue weighted by molar-refractivity contribution is 5.86. The average molecular weight is 606 g/mol. The number of fused-ring (bicyclic) bond motifs is 1. The van der Waals surface area contributed by atoms with Crippen LogP contribution in [0.15, 0.2) is 42.7 Å². The SMILES string of the molecule is Cc1c(CN2CCC(Nc3cc(CCC(F)(F)F)nc(/C=C/CN(C)C)n3)CC2)ccc2c1cc(C#N)n2Cc1cn[nH]c1. The number of likely N-dealkylation sites (N-methyl/N-ethyl adjacent to an activating group) is 1. The minimum atomic E-state index is -4.24. The largest absolute Gasteiger partial charge is 0.389 e. The van der Waals surface area contributed by atoms with E-state index in [9.17, 15) is 18.4 Å². The van der Waals surface area contributed by atoms with Crippen molar-refractivity contribution in [1.82, 2.24) is 34.5 Å². The van der Waals surface area contributed by atoms with Crippen molar-refractivity contribution in [3.63, 3.8) is 0 Å². The number of nitrogens with one attached hydrogen (secondary N) is 2. The number of H-pyrrole nitrogens is 1. The second-order valence-corrected chi connectivity index (χ2v) is 11.7. The molecule has 1 aliphatic rings. The standard InChI is InChI=1S/C32H38F3N9/c1-22-24(6-7-29-28(22)16-27(17-36)44(29)20-23-18-37-38-19-23)21-43-13-9-25(10-14-43)39-31-15-26(8-11-32(33,34)35)40-30(41-31)5-4-12-42(2)3/h4-7,15-16,18-19,25H,8-14,20-21H2,1-3H3,(H,37,38)(H,39,40,41)/b5-4+. The van der Waals surface area contributed by atoms with Crippen molar-refractivity contribution in [3.05, 3.63) is 76.6 Å². The molecule has 0 unspecified atom stereocenters. The fraction of sp³-hybridized carbons (Fsp3) is 0.438. The van der Waals surface area contributed by atoms with E-state index in [1.165, 1.54) is 11.1 Å². The number of benzene rings is 1. The number of nitrogens with zero attached hydrogens (tertiary/aromatic N) is 7. The first-order chi connectivity index (χ1) is 21.1. The number of aromatic amines is 1. The van der Waals surface area contributed by atoms with E-state index in [0.29, 0.717) is 36.1 Å². The molecule has 9 nitrogen and oxygen atoms in total. The summed E-state index contributed by atoms with van der Waals surface area (Å²) in [5, 5.41) is 21.2. The van der Waals surface area contributed by atoms with Crippen LogP contribution in [0.2, 0.25) is 0 Å². The fourth-order valence-electron chi connectivity index (χ4n) is 5.62. The summed E-state index contributed by atoms with van der Waals surface area (Å²) < 4.78 is 40.7.